The van der Waals surface area contributed by atoms with Crippen LogP contribution in [0.1, 0.15) is 47.5 Å². The maximum atomic E-state index is 12.1. The summed E-state index contributed by atoms with van der Waals surface area (Å²) in [6.45, 7) is 12.5. The lowest BCUT2D eigenvalue weighted by atomic mass is 9.74. The molecule has 0 aromatic carbocycles. The molecule has 1 spiro atoms. The van der Waals surface area contributed by atoms with Crippen molar-refractivity contribution in [3.05, 3.63) is 0 Å². The number of hydrogen-bond donors (Lipinski definition) is 2. The minimum atomic E-state index is -0.477. The predicted octanol–water partition coefficient (Wildman–Crippen LogP) is 2.06. The van der Waals surface area contributed by atoms with Crippen LogP contribution in [0.25, 0.3) is 0 Å². The van der Waals surface area contributed by atoms with Gasteiger partial charge in [0.2, 0.25) is 0 Å². The lowest BCUT2D eigenvalue weighted by molar-refractivity contribution is -0.0356. The zero-order valence-corrected chi connectivity index (χ0v) is 13.3. The summed E-state index contributed by atoms with van der Waals surface area (Å²) in [6, 6.07) is -0.00745. The largest absolute Gasteiger partial charge is 0.444 e. The molecule has 2 rings (SSSR count). The average molecular weight is 284 g/mol. The van der Waals surface area contributed by atoms with Crippen LogP contribution in [0.4, 0.5) is 4.79 Å². The molecule has 0 aromatic rings. The summed E-state index contributed by atoms with van der Waals surface area (Å²) in [7, 11) is 0. The number of piperidine rings is 1. The van der Waals surface area contributed by atoms with Gasteiger partial charge in [0.15, 0.2) is 0 Å². The second-order valence-corrected chi connectivity index (χ2v) is 7.67. The van der Waals surface area contributed by atoms with Gasteiger partial charge < -0.3 is 20.1 Å². The minimum absolute atomic E-state index is 0.00745. The Morgan fingerprint density at radius 3 is 2.45 bits per heavy atom. The summed E-state index contributed by atoms with van der Waals surface area (Å²) < 4.78 is 11.5. The number of amides is 1. The number of carbonyl (C=O) groups is 1. The van der Waals surface area contributed by atoms with Crippen LogP contribution in [0, 0.1) is 5.41 Å². The van der Waals surface area contributed by atoms with Gasteiger partial charge in [0.1, 0.15) is 5.60 Å². The summed E-state index contributed by atoms with van der Waals surface area (Å²) in [5.74, 6) is 0. The molecule has 1 atom stereocenters. The monoisotopic (exact) mass is 284 g/mol. The normalized spacial score (nSPS) is 28.4. The molecule has 2 fully saturated rings. The second kappa shape index (κ2) is 5.19. The first-order chi connectivity index (χ1) is 9.15. The summed E-state index contributed by atoms with van der Waals surface area (Å²) in [5, 5.41) is 6.42. The Morgan fingerprint density at radius 2 is 1.90 bits per heavy atom. The standard InChI is InChI=1S/C15H28N2O3/c1-13(2,3)20-12(18)17-11-14(4,5)10-19-15(11)6-8-16-9-7-15/h11,16H,6-10H2,1-5H3,(H,17,18)/t11-/m0/s1. The molecular formula is C15H28N2O3. The minimum Gasteiger partial charge on any atom is -0.444 e. The molecule has 0 aliphatic carbocycles. The van der Waals surface area contributed by atoms with Crippen molar-refractivity contribution in [2.75, 3.05) is 19.7 Å². The molecule has 2 aliphatic rings. The average Bonchev–Trinajstić information content (AvgIpc) is 2.53. The number of hydrogen-bond acceptors (Lipinski definition) is 4. The fourth-order valence-electron chi connectivity index (χ4n) is 3.24. The first-order valence-electron chi connectivity index (χ1n) is 7.49. The first kappa shape index (κ1) is 15.6. The predicted molar refractivity (Wildman–Crippen MR) is 77.7 cm³/mol. The van der Waals surface area contributed by atoms with Crippen molar-refractivity contribution < 1.29 is 14.3 Å². The molecule has 2 aliphatic heterocycles. The van der Waals surface area contributed by atoms with E-state index >= 15 is 0 Å². The fraction of sp³-hybridized carbons (Fsp3) is 0.933. The van der Waals surface area contributed by atoms with Gasteiger partial charge in [-0.2, -0.15) is 0 Å². The van der Waals surface area contributed by atoms with Gasteiger partial charge in [-0.15, -0.1) is 0 Å². The Balaban J connectivity index is 2.10. The lowest BCUT2D eigenvalue weighted by Gasteiger charge is -2.41. The van der Waals surface area contributed by atoms with E-state index in [-0.39, 0.29) is 23.2 Å². The topological polar surface area (TPSA) is 59.6 Å². The number of ether oxygens (including phenoxy) is 2. The van der Waals surface area contributed by atoms with E-state index in [2.05, 4.69) is 24.5 Å². The third-order valence-corrected chi connectivity index (χ3v) is 4.15. The molecule has 5 nitrogen and oxygen atoms in total. The summed E-state index contributed by atoms with van der Waals surface area (Å²) in [6.07, 6.45) is 1.51. The van der Waals surface area contributed by atoms with Gasteiger partial charge in [-0.1, -0.05) is 13.8 Å². The summed E-state index contributed by atoms with van der Waals surface area (Å²) in [5.41, 5.74) is -0.797. The van der Waals surface area contributed by atoms with Crippen molar-refractivity contribution in [3.63, 3.8) is 0 Å². The fourth-order valence-corrected chi connectivity index (χ4v) is 3.24. The number of nitrogens with one attached hydrogen (secondary N) is 2. The molecule has 2 heterocycles. The Labute approximate surface area is 121 Å². The third kappa shape index (κ3) is 3.26. The molecule has 116 valence electrons. The van der Waals surface area contributed by atoms with Crippen molar-refractivity contribution in [3.8, 4) is 0 Å². The first-order valence-corrected chi connectivity index (χ1v) is 7.49. The van der Waals surface area contributed by atoms with Gasteiger partial charge >= 0.3 is 6.09 Å². The number of rotatable bonds is 1. The van der Waals surface area contributed by atoms with Crippen LogP contribution in [0.15, 0.2) is 0 Å². The van der Waals surface area contributed by atoms with Gasteiger partial charge in [-0.25, -0.2) is 4.79 Å². The molecular weight excluding hydrogens is 256 g/mol. The van der Waals surface area contributed by atoms with Crippen molar-refractivity contribution in [2.45, 2.75) is 64.7 Å². The third-order valence-electron chi connectivity index (χ3n) is 4.15. The zero-order valence-electron chi connectivity index (χ0n) is 13.3. The summed E-state index contributed by atoms with van der Waals surface area (Å²) in [4.78, 5) is 12.1. The molecule has 0 radical (unpaired) electrons. The number of alkyl carbamates (subject to hydrolysis) is 1. The molecule has 2 saturated heterocycles. The van der Waals surface area contributed by atoms with Gasteiger partial charge in [-0.3, -0.25) is 0 Å². The van der Waals surface area contributed by atoms with Crippen LogP contribution in [0.5, 0.6) is 0 Å². The second-order valence-electron chi connectivity index (χ2n) is 7.67. The van der Waals surface area contributed by atoms with E-state index in [1.807, 2.05) is 20.8 Å². The Kier molecular flexibility index (Phi) is 4.04. The Hall–Kier alpha value is -0.810. The highest BCUT2D eigenvalue weighted by Crippen LogP contribution is 2.44. The SMILES string of the molecule is CC(C)(C)OC(=O)N[C@H]1C(C)(C)COC12CCNCC2. The maximum Gasteiger partial charge on any atom is 0.407 e. The molecule has 5 heteroatoms. The molecule has 0 bridgehead atoms. The maximum absolute atomic E-state index is 12.1. The molecule has 0 saturated carbocycles. The van der Waals surface area contributed by atoms with Crippen molar-refractivity contribution >= 4 is 6.09 Å². The van der Waals surface area contributed by atoms with Gasteiger partial charge in [0.25, 0.3) is 0 Å². The van der Waals surface area contributed by atoms with E-state index in [1.165, 1.54) is 0 Å². The van der Waals surface area contributed by atoms with Crippen LogP contribution in [-0.2, 0) is 9.47 Å². The Morgan fingerprint density at radius 1 is 1.30 bits per heavy atom. The molecule has 0 unspecified atom stereocenters. The van der Waals surface area contributed by atoms with Crippen LogP contribution < -0.4 is 10.6 Å². The van der Waals surface area contributed by atoms with Gasteiger partial charge in [-0.05, 0) is 46.7 Å². The van der Waals surface area contributed by atoms with Crippen LogP contribution in [0.3, 0.4) is 0 Å². The van der Waals surface area contributed by atoms with E-state index in [0.29, 0.717) is 6.61 Å². The van der Waals surface area contributed by atoms with E-state index in [1.54, 1.807) is 0 Å². The smallest absolute Gasteiger partial charge is 0.407 e. The highest BCUT2D eigenvalue weighted by atomic mass is 16.6. The summed E-state index contributed by atoms with van der Waals surface area (Å²) >= 11 is 0. The Bertz CT molecular complexity index is 368. The number of carbonyl (C=O) groups excluding carboxylic acids is 1. The van der Waals surface area contributed by atoms with E-state index in [0.717, 1.165) is 25.9 Å². The molecule has 1 amide bonds. The van der Waals surface area contributed by atoms with Crippen molar-refractivity contribution in [1.29, 1.82) is 0 Å². The highest BCUT2D eigenvalue weighted by Gasteiger charge is 2.55. The molecule has 0 aromatic heterocycles. The van der Waals surface area contributed by atoms with Crippen molar-refractivity contribution in [2.24, 2.45) is 5.41 Å². The van der Waals surface area contributed by atoms with Gasteiger partial charge in [0, 0.05) is 5.41 Å². The van der Waals surface area contributed by atoms with Crippen LogP contribution >= 0.6 is 0 Å². The van der Waals surface area contributed by atoms with Crippen molar-refractivity contribution in [1.82, 2.24) is 10.6 Å². The lowest BCUT2D eigenvalue weighted by Crippen LogP contribution is -2.59. The van der Waals surface area contributed by atoms with E-state index in [9.17, 15) is 4.79 Å². The zero-order chi connectivity index (χ0) is 15.0. The van der Waals surface area contributed by atoms with Crippen LogP contribution in [-0.4, -0.2) is 43.0 Å². The van der Waals surface area contributed by atoms with Crippen LogP contribution in [0.2, 0.25) is 0 Å². The van der Waals surface area contributed by atoms with E-state index in [4.69, 9.17) is 9.47 Å². The molecule has 20 heavy (non-hydrogen) atoms. The highest BCUT2D eigenvalue weighted by molar-refractivity contribution is 5.68. The van der Waals surface area contributed by atoms with E-state index < -0.39 is 5.60 Å². The van der Waals surface area contributed by atoms with Gasteiger partial charge in [0.05, 0.1) is 18.2 Å². The quantitative estimate of drug-likeness (QED) is 0.774. The molecule has 2 N–H and O–H groups in total.